The van der Waals surface area contributed by atoms with Crippen LogP contribution in [0.3, 0.4) is 0 Å². The molecule has 0 aromatic heterocycles. The summed E-state index contributed by atoms with van der Waals surface area (Å²) in [5, 5.41) is 13.5. The average Bonchev–Trinajstić information content (AvgIpc) is 2.84. The normalized spacial score (nSPS) is 14.4. The molecule has 10 heteroatoms. The standard InChI is InChI=1S/C25H34N4O6/c1-7-28(19-14-20(33-5)17-21(15-19)34-6)18-8-9-22(29(31)32)23(16-18)26-10-12-27(13-11-26)35-24(30)25(2,3)4/h8-9,14-17H,7,10-13H2,1-6H3. The predicted molar refractivity (Wildman–Crippen MR) is 135 cm³/mol. The highest BCUT2D eigenvalue weighted by atomic mass is 16.7. The van der Waals surface area contributed by atoms with Crippen LogP contribution in [0.4, 0.5) is 22.7 Å². The number of piperazine rings is 1. The Labute approximate surface area is 206 Å². The molecule has 0 amide bonds. The number of hydrogen-bond acceptors (Lipinski definition) is 9. The van der Waals surface area contributed by atoms with Gasteiger partial charge in [-0.3, -0.25) is 10.1 Å². The van der Waals surface area contributed by atoms with Crippen molar-refractivity contribution in [3.8, 4) is 11.5 Å². The Morgan fingerprint density at radius 2 is 1.60 bits per heavy atom. The number of ether oxygens (including phenoxy) is 2. The summed E-state index contributed by atoms with van der Waals surface area (Å²) >= 11 is 0. The van der Waals surface area contributed by atoms with Crippen LogP contribution in [0.2, 0.25) is 0 Å². The monoisotopic (exact) mass is 486 g/mol. The summed E-state index contributed by atoms with van der Waals surface area (Å²) < 4.78 is 10.8. The largest absolute Gasteiger partial charge is 0.497 e. The Bertz CT molecular complexity index is 1040. The topological polar surface area (TPSA) is 97.6 Å². The summed E-state index contributed by atoms with van der Waals surface area (Å²) in [7, 11) is 3.19. The summed E-state index contributed by atoms with van der Waals surface area (Å²) in [6.07, 6.45) is 0. The van der Waals surface area contributed by atoms with Crippen molar-refractivity contribution in [3.63, 3.8) is 0 Å². The molecule has 1 aliphatic rings. The first-order valence-corrected chi connectivity index (χ1v) is 11.6. The number of nitrogens with zero attached hydrogens (tertiary/aromatic N) is 4. The van der Waals surface area contributed by atoms with Crippen molar-refractivity contribution in [3.05, 3.63) is 46.5 Å². The van der Waals surface area contributed by atoms with Gasteiger partial charge in [-0.15, -0.1) is 5.06 Å². The van der Waals surface area contributed by atoms with Gasteiger partial charge in [0.15, 0.2) is 0 Å². The molecule has 0 aliphatic carbocycles. The number of rotatable bonds is 8. The number of nitro groups is 1. The van der Waals surface area contributed by atoms with Crippen LogP contribution in [0.1, 0.15) is 27.7 Å². The van der Waals surface area contributed by atoms with Crippen LogP contribution < -0.4 is 19.3 Å². The molecule has 0 spiro atoms. The fourth-order valence-electron chi connectivity index (χ4n) is 3.82. The number of benzene rings is 2. The predicted octanol–water partition coefficient (Wildman–Crippen LogP) is 4.40. The number of nitro benzene ring substituents is 1. The highest BCUT2D eigenvalue weighted by Crippen LogP contribution is 2.38. The van der Waals surface area contributed by atoms with Gasteiger partial charge in [-0.2, -0.15) is 0 Å². The third-order valence-corrected chi connectivity index (χ3v) is 5.84. The SMILES string of the molecule is CCN(c1cc(OC)cc(OC)c1)c1ccc([N+](=O)[O-])c(N2CCN(OC(=O)C(C)(C)C)CC2)c1. The average molecular weight is 487 g/mol. The lowest BCUT2D eigenvalue weighted by atomic mass is 9.98. The Kier molecular flexibility index (Phi) is 8.06. The molecule has 0 N–H and O–H groups in total. The van der Waals surface area contributed by atoms with Gasteiger partial charge in [0.2, 0.25) is 0 Å². The molecule has 190 valence electrons. The second-order valence-corrected chi connectivity index (χ2v) is 9.29. The van der Waals surface area contributed by atoms with E-state index in [1.54, 1.807) is 52.2 Å². The van der Waals surface area contributed by atoms with Crippen molar-refractivity contribution < 1.29 is 24.0 Å². The summed E-state index contributed by atoms with van der Waals surface area (Å²) in [6.45, 7) is 9.93. The first-order valence-electron chi connectivity index (χ1n) is 11.6. The molecule has 2 aromatic carbocycles. The third-order valence-electron chi connectivity index (χ3n) is 5.84. The van der Waals surface area contributed by atoms with Crippen LogP contribution >= 0.6 is 0 Å². The molecule has 1 fully saturated rings. The highest BCUT2D eigenvalue weighted by Gasteiger charge is 2.30. The van der Waals surface area contributed by atoms with Gasteiger partial charge in [0.05, 0.1) is 37.6 Å². The van der Waals surface area contributed by atoms with E-state index in [4.69, 9.17) is 14.3 Å². The highest BCUT2D eigenvalue weighted by molar-refractivity contribution is 5.76. The lowest BCUT2D eigenvalue weighted by Crippen LogP contribution is -2.48. The van der Waals surface area contributed by atoms with E-state index in [1.165, 1.54) is 6.07 Å². The van der Waals surface area contributed by atoms with Crippen molar-refractivity contribution in [1.82, 2.24) is 5.06 Å². The van der Waals surface area contributed by atoms with Gasteiger partial charge in [0, 0.05) is 55.3 Å². The Morgan fingerprint density at radius 1 is 1.00 bits per heavy atom. The molecule has 0 radical (unpaired) electrons. The maximum absolute atomic E-state index is 12.2. The molecule has 2 aromatic rings. The first kappa shape index (κ1) is 26.1. The van der Waals surface area contributed by atoms with Crippen LogP contribution in [-0.4, -0.2) is 62.9 Å². The van der Waals surface area contributed by atoms with E-state index in [0.29, 0.717) is 49.9 Å². The number of anilines is 3. The second-order valence-electron chi connectivity index (χ2n) is 9.29. The molecule has 3 rings (SSSR count). The van der Waals surface area contributed by atoms with E-state index < -0.39 is 5.41 Å². The molecule has 0 bridgehead atoms. The lowest BCUT2D eigenvalue weighted by Gasteiger charge is -2.36. The summed E-state index contributed by atoms with van der Waals surface area (Å²) in [6, 6.07) is 10.7. The van der Waals surface area contributed by atoms with Crippen molar-refractivity contribution in [2.75, 3.05) is 56.7 Å². The van der Waals surface area contributed by atoms with E-state index in [1.807, 2.05) is 34.9 Å². The van der Waals surface area contributed by atoms with Crippen LogP contribution in [-0.2, 0) is 9.63 Å². The van der Waals surface area contributed by atoms with E-state index in [-0.39, 0.29) is 16.6 Å². The number of hydroxylamine groups is 2. The number of carbonyl (C=O) groups is 1. The minimum atomic E-state index is -0.601. The Hall–Kier alpha value is -3.53. The molecule has 1 aliphatic heterocycles. The van der Waals surface area contributed by atoms with Crippen molar-refractivity contribution in [1.29, 1.82) is 0 Å². The zero-order valence-electron chi connectivity index (χ0n) is 21.2. The fourth-order valence-corrected chi connectivity index (χ4v) is 3.82. The minimum Gasteiger partial charge on any atom is -0.497 e. The number of hydrogen-bond donors (Lipinski definition) is 0. The summed E-state index contributed by atoms with van der Waals surface area (Å²) in [5.41, 5.74) is 1.62. The maximum atomic E-state index is 12.2. The van der Waals surface area contributed by atoms with E-state index in [0.717, 1.165) is 11.4 Å². The number of methoxy groups -OCH3 is 2. The first-order chi connectivity index (χ1) is 16.6. The van der Waals surface area contributed by atoms with Crippen molar-refractivity contribution in [2.45, 2.75) is 27.7 Å². The van der Waals surface area contributed by atoms with Gasteiger partial charge >= 0.3 is 5.97 Å². The molecule has 0 unspecified atom stereocenters. The van der Waals surface area contributed by atoms with Gasteiger partial charge in [0.25, 0.3) is 5.69 Å². The smallest absolute Gasteiger partial charge is 0.330 e. The molecule has 35 heavy (non-hydrogen) atoms. The molecule has 0 atom stereocenters. The van der Waals surface area contributed by atoms with Crippen LogP contribution in [0, 0.1) is 15.5 Å². The number of carbonyl (C=O) groups excluding carboxylic acids is 1. The molecule has 1 saturated heterocycles. The van der Waals surface area contributed by atoms with Gasteiger partial charge in [-0.25, -0.2) is 4.79 Å². The molecule has 0 saturated carbocycles. The third kappa shape index (κ3) is 6.13. The molecular formula is C25H34N4O6. The Morgan fingerprint density at radius 3 is 2.09 bits per heavy atom. The summed E-state index contributed by atoms with van der Waals surface area (Å²) in [5.74, 6) is 1.01. The van der Waals surface area contributed by atoms with Crippen molar-refractivity contribution >= 4 is 28.7 Å². The van der Waals surface area contributed by atoms with E-state index in [2.05, 4.69) is 0 Å². The van der Waals surface area contributed by atoms with Gasteiger partial charge in [-0.05, 0) is 39.8 Å². The zero-order valence-corrected chi connectivity index (χ0v) is 21.2. The van der Waals surface area contributed by atoms with Crippen LogP contribution in [0.5, 0.6) is 11.5 Å². The van der Waals surface area contributed by atoms with Crippen LogP contribution in [0.25, 0.3) is 0 Å². The molecule has 1 heterocycles. The fraction of sp³-hybridized carbons (Fsp3) is 0.480. The lowest BCUT2D eigenvalue weighted by molar-refractivity contribution is -0.384. The minimum absolute atomic E-state index is 0.0353. The van der Waals surface area contributed by atoms with E-state index >= 15 is 0 Å². The molecular weight excluding hydrogens is 452 g/mol. The Balaban J connectivity index is 1.88. The quantitative estimate of drug-likeness (QED) is 0.397. The van der Waals surface area contributed by atoms with Crippen LogP contribution in [0.15, 0.2) is 36.4 Å². The van der Waals surface area contributed by atoms with Gasteiger partial charge in [-0.1, -0.05) is 0 Å². The van der Waals surface area contributed by atoms with Crippen molar-refractivity contribution in [2.24, 2.45) is 5.41 Å². The van der Waals surface area contributed by atoms with Gasteiger partial charge in [0.1, 0.15) is 17.2 Å². The van der Waals surface area contributed by atoms with Gasteiger partial charge < -0.3 is 24.1 Å². The second kappa shape index (κ2) is 10.8. The molecule has 10 nitrogen and oxygen atoms in total. The zero-order chi connectivity index (χ0) is 25.8. The maximum Gasteiger partial charge on any atom is 0.330 e. The summed E-state index contributed by atoms with van der Waals surface area (Å²) in [4.78, 5) is 33.2. The van der Waals surface area contributed by atoms with E-state index in [9.17, 15) is 14.9 Å².